The van der Waals surface area contributed by atoms with Gasteiger partial charge in [-0.25, -0.2) is 4.39 Å². The van der Waals surface area contributed by atoms with Crippen molar-refractivity contribution in [2.24, 2.45) is 11.8 Å². The van der Waals surface area contributed by atoms with Crippen LogP contribution < -0.4 is 4.74 Å². The molecule has 1 fully saturated rings. The number of ether oxygens (including phenoxy) is 1. The monoisotopic (exact) mass is 279 g/mol. The van der Waals surface area contributed by atoms with Gasteiger partial charge in [0.15, 0.2) is 11.6 Å². The summed E-state index contributed by atoms with van der Waals surface area (Å²) in [6.45, 7) is 5.99. The summed E-state index contributed by atoms with van der Waals surface area (Å²) in [6, 6.07) is 6.44. The van der Waals surface area contributed by atoms with E-state index in [1.54, 1.807) is 18.2 Å². The number of hydrogen-bond donors (Lipinski definition) is 0. The summed E-state index contributed by atoms with van der Waals surface area (Å²) in [6.07, 6.45) is 1.87. The second kappa shape index (κ2) is 6.73. The number of hydrogen-bond acceptors (Lipinski definition) is 2. The molecule has 1 saturated heterocycles. The molecule has 110 valence electrons. The molecule has 0 spiro atoms. The van der Waals surface area contributed by atoms with Crippen molar-refractivity contribution in [1.82, 2.24) is 4.90 Å². The average molecular weight is 279 g/mol. The van der Waals surface area contributed by atoms with Crippen LogP contribution in [0.15, 0.2) is 24.3 Å². The Morgan fingerprint density at radius 2 is 2.20 bits per heavy atom. The van der Waals surface area contributed by atoms with Crippen molar-refractivity contribution in [1.29, 1.82) is 0 Å². The highest BCUT2D eigenvalue weighted by Crippen LogP contribution is 2.22. The minimum absolute atomic E-state index is 0.0587. The van der Waals surface area contributed by atoms with E-state index in [0.717, 1.165) is 25.9 Å². The van der Waals surface area contributed by atoms with E-state index in [9.17, 15) is 9.18 Å². The van der Waals surface area contributed by atoms with E-state index >= 15 is 0 Å². The van der Waals surface area contributed by atoms with Gasteiger partial charge in [-0.1, -0.05) is 26.0 Å². The molecule has 1 aliphatic rings. The van der Waals surface area contributed by atoms with E-state index in [-0.39, 0.29) is 17.6 Å². The van der Waals surface area contributed by atoms with Crippen LogP contribution in [0, 0.1) is 17.7 Å². The molecule has 0 aliphatic carbocycles. The molecule has 1 unspecified atom stereocenters. The lowest BCUT2D eigenvalue weighted by atomic mass is 10.1. The number of carbonyl (C=O) groups excluding carboxylic acids is 1. The first kappa shape index (κ1) is 14.8. The van der Waals surface area contributed by atoms with Crippen LogP contribution in [0.4, 0.5) is 4.39 Å². The van der Waals surface area contributed by atoms with Crippen LogP contribution >= 0.6 is 0 Å². The van der Waals surface area contributed by atoms with Crippen LogP contribution in [-0.2, 0) is 4.79 Å². The molecule has 0 aromatic heterocycles. The number of rotatable bonds is 5. The lowest BCUT2D eigenvalue weighted by molar-refractivity contribution is -0.133. The minimum Gasteiger partial charge on any atom is -0.491 e. The molecule has 1 atom stereocenters. The zero-order valence-electron chi connectivity index (χ0n) is 12.1. The van der Waals surface area contributed by atoms with E-state index in [0.29, 0.717) is 18.3 Å². The Morgan fingerprint density at radius 1 is 1.45 bits per heavy atom. The summed E-state index contributed by atoms with van der Waals surface area (Å²) < 4.78 is 18.8. The average Bonchev–Trinajstić information content (AvgIpc) is 2.88. The SMILES string of the molecule is CC(C)C(=O)N1CCC(CCOc2ccccc2F)C1. The van der Waals surface area contributed by atoms with E-state index in [1.807, 2.05) is 18.7 Å². The molecule has 1 aliphatic heterocycles. The lowest BCUT2D eigenvalue weighted by Gasteiger charge is -2.18. The van der Waals surface area contributed by atoms with Crippen molar-refractivity contribution in [2.75, 3.05) is 19.7 Å². The highest BCUT2D eigenvalue weighted by atomic mass is 19.1. The predicted molar refractivity (Wildman–Crippen MR) is 76.0 cm³/mol. The zero-order valence-corrected chi connectivity index (χ0v) is 12.1. The van der Waals surface area contributed by atoms with Gasteiger partial charge in [0, 0.05) is 19.0 Å². The largest absolute Gasteiger partial charge is 0.491 e. The number of halogens is 1. The Hall–Kier alpha value is -1.58. The Balaban J connectivity index is 1.74. The predicted octanol–water partition coefficient (Wildman–Crippen LogP) is 3.10. The summed E-state index contributed by atoms with van der Waals surface area (Å²) in [5.74, 6) is 0.728. The number of para-hydroxylation sites is 1. The van der Waals surface area contributed by atoms with Gasteiger partial charge < -0.3 is 9.64 Å². The Morgan fingerprint density at radius 3 is 2.90 bits per heavy atom. The summed E-state index contributed by atoms with van der Waals surface area (Å²) in [7, 11) is 0. The second-order valence-electron chi connectivity index (χ2n) is 5.66. The van der Waals surface area contributed by atoms with E-state index < -0.39 is 0 Å². The maximum Gasteiger partial charge on any atom is 0.225 e. The first-order chi connectivity index (χ1) is 9.58. The van der Waals surface area contributed by atoms with Crippen LogP contribution in [0.2, 0.25) is 0 Å². The molecule has 3 nitrogen and oxygen atoms in total. The number of nitrogens with zero attached hydrogens (tertiary/aromatic N) is 1. The second-order valence-corrected chi connectivity index (χ2v) is 5.66. The van der Waals surface area contributed by atoms with Crippen molar-refractivity contribution in [3.63, 3.8) is 0 Å². The van der Waals surface area contributed by atoms with Crippen LogP contribution in [0.3, 0.4) is 0 Å². The van der Waals surface area contributed by atoms with Gasteiger partial charge >= 0.3 is 0 Å². The third kappa shape index (κ3) is 3.71. The third-order valence-corrected chi connectivity index (χ3v) is 3.71. The fourth-order valence-corrected chi connectivity index (χ4v) is 2.53. The van der Waals surface area contributed by atoms with Crippen molar-refractivity contribution in [3.05, 3.63) is 30.1 Å². The molecule has 0 N–H and O–H groups in total. The molecule has 1 aromatic carbocycles. The van der Waals surface area contributed by atoms with Crippen LogP contribution in [-0.4, -0.2) is 30.5 Å². The van der Waals surface area contributed by atoms with Crippen molar-refractivity contribution < 1.29 is 13.9 Å². The van der Waals surface area contributed by atoms with Crippen LogP contribution in [0.1, 0.15) is 26.7 Å². The summed E-state index contributed by atoms with van der Waals surface area (Å²) in [5.41, 5.74) is 0. The highest BCUT2D eigenvalue weighted by molar-refractivity contribution is 5.78. The molecule has 2 rings (SSSR count). The normalized spacial score (nSPS) is 18.6. The van der Waals surface area contributed by atoms with Gasteiger partial charge in [0.05, 0.1) is 6.61 Å². The number of likely N-dealkylation sites (tertiary alicyclic amines) is 1. The lowest BCUT2D eigenvalue weighted by Crippen LogP contribution is -2.32. The van der Waals surface area contributed by atoms with Gasteiger partial charge in [-0.2, -0.15) is 0 Å². The molecule has 1 heterocycles. The first-order valence-electron chi connectivity index (χ1n) is 7.24. The molecule has 1 amide bonds. The Labute approximate surface area is 119 Å². The van der Waals surface area contributed by atoms with Gasteiger partial charge in [0.1, 0.15) is 0 Å². The van der Waals surface area contributed by atoms with Crippen molar-refractivity contribution in [2.45, 2.75) is 26.7 Å². The van der Waals surface area contributed by atoms with E-state index in [1.165, 1.54) is 6.07 Å². The van der Waals surface area contributed by atoms with Gasteiger partial charge in [0.2, 0.25) is 5.91 Å². The van der Waals surface area contributed by atoms with Gasteiger partial charge in [-0.15, -0.1) is 0 Å². The Kier molecular flexibility index (Phi) is 4.99. The molecule has 1 aromatic rings. The maximum absolute atomic E-state index is 13.4. The number of amides is 1. The Bertz CT molecular complexity index is 462. The summed E-state index contributed by atoms with van der Waals surface area (Å²) in [5, 5.41) is 0. The fourth-order valence-electron chi connectivity index (χ4n) is 2.53. The molecular formula is C16H22FNO2. The first-order valence-corrected chi connectivity index (χ1v) is 7.24. The topological polar surface area (TPSA) is 29.5 Å². The number of benzene rings is 1. The molecular weight excluding hydrogens is 257 g/mol. The number of carbonyl (C=O) groups is 1. The summed E-state index contributed by atoms with van der Waals surface area (Å²) in [4.78, 5) is 13.8. The molecule has 0 radical (unpaired) electrons. The van der Waals surface area contributed by atoms with Crippen molar-refractivity contribution in [3.8, 4) is 5.75 Å². The van der Waals surface area contributed by atoms with Crippen LogP contribution in [0.5, 0.6) is 5.75 Å². The molecule has 20 heavy (non-hydrogen) atoms. The van der Waals surface area contributed by atoms with Crippen LogP contribution in [0.25, 0.3) is 0 Å². The van der Waals surface area contributed by atoms with Gasteiger partial charge in [-0.05, 0) is 30.9 Å². The quantitative estimate of drug-likeness (QED) is 0.829. The summed E-state index contributed by atoms with van der Waals surface area (Å²) >= 11 is 0. The van der Waals surface area contributed by atoms with Crippen molar-refractivity contribution >= 4 is 5.91 Å². The molecule has 0 bridgehead atoms. The minimum atomic E-state index is -0.324. The highest BCUT2D eigenvalue weighted by Gasteiger charge is 2.27. The maximum atomic E-state index is 13.4. The van der Waals surface area contributed by atoms with E-state index in [2.05, 4.69) is 0 Å². The third-order valence-electron chi connectivity index (χ3n) is 3.71. The van der Waals surface area contributed by atoms with Gasteiger partial charge in [0.25, 0.3) is 0 Å². The molecule has 0 saturated carbocycles. The van der Waals surface area contributed by atoms with Gasteiger partial charge in [-0.3, -0.25) is 4.79 Å². The standard InChI is InChI=1S/C16H22FNO2/c1-12(2)16(19)18-9-7-13(11-18)8-10-20-15-6-4-3-5-14(15)17/h3-6,12-13H,7-11H2,1-2H3. The molecule has 4 heteroatoms. The fraction of sp³-hybridized carbons (Fsp3) is 0.562. The zero-order chi connectivity index (χ0) is 14.5. The smallest absolute Gasteiger partial charge is 0.225 e. The van der Waals surface area contributed by atoms with E-state index in [4.69, 9.17) is 4.74 Å².